The molecule has 6 heteroatoms. The van der Waals surface area contributed by atoms with Gasteiger partial charge in [-0.25, -0.2) is 0 Å². The molecule has 0 unspecified atom stereocenters. The van der Waals surface area contributed by atoms with Crippen LogP contribution in [0.3, 0.4) is 0 Å². The quantitative estimate of drug-likeness (QED) is 0.627. The fourth-order valence-corrected chi connectivity index (χ4v) is 3.27. The molecule has 1 aromatic carbocycles. The maximum absolute atomic E-state index is 12.4. The van der Waals surface area contributed by atoms with Crippen molar-refractivity contribution in [3.63, 3.8) is 0 Å². The lowest BCUT2D eigenvalue weighted by Crippen LogP contribution is -2.50. The van der Waals surface area contributed by atoms with Crippen molar-refractivity contribution in [2.24, 2.45) is 0 Å². The summed E-state index contributed by atoms with van der Waals surface area (Å²) >= 11 is 0. The number of nitrogens with zero attached hydrogens (tertiary/aromatic N) is 2. The summed E-state index contributed by atoms with van der Waals surface area (Å²) in [6.07, 6.45) is 1.66. The maximum atomic E-state index is 12.4. The first kappa shape index (κ1) is 22.9. The van der Waals surface area contributed by atoms with Gasteiger partial charge in [0, 0.05) is 45.4 Å². The molecule has 0 atom stereocenters. The second kappa shape index (κ2) is 10.4. The molecule has 0 radical (unpaired) electrons. The van der Waals surface area contributed by atoms with Crippen LogP contribution in [-0.2, 0) is 19.8 Å². The van der Waals surface area contributed by atoms with Gasteiger partial charge in [0.25, 0.3) is 0 Å². The molecule has 0 aliphatic carbocycles. The highest BCUT2D eigenvalue weighted by Crippen LogP contribution is 2.24. The van der Waals surface area contributed by atoms with E-state index in [1.807, 2.05) is 17.0 Å². The number of carbonyl (C=O) groups is 3. The number of hydrogen-bond acceptors (Lipinski definition) is 4. The molecule has 2 amide bonds. The van der Waals surface area contributed by atoms with E-state index in [0.717, 1.165) is 5.75 Å². The van der Waals surface area contributed by atoms with E-state index in [9.17, 15) is 14.4 Å². The smallest absolute Gasteiger partial charge is 0.223 e. The van der Waals surface area contributed by atoms with Crippen molar-refractivity contribution < 1.29 is 19.1 Å². The van der Waals surface area contributed by atoms with Crippen molar-refractivity contribution in [2.75, 3.05) is 32.8 Å². The zero-order valence-electron chi connectivity index (χ0n) is 18.2. The summed E-state index contributed by atoms with van der Waals surface area (Å²) in [6, 6.07) is 8.12. The van der Waals surface area contributed by atoms with Crippen LogP contribution >= 0.6 is 0 Å². The molecule has 2 rings (SSSR count). The summed E-state index contributed by atoms with van der Waals surface area (Å²) < 4.78 is 5.75. The molecule has 0 N–H and O–H groups in total. The van der Waals surface area contributed by atoms with Crippen LogP contribution in [0, 0.1) is 0 Å². The first-order valence-corrected chi connectivity index (χ1v) is 10.4. The van der Waals surface area contributed by atoms with Crippen molar-refractivity contribution in [3.8, 4) is 5.75 Å². The predicted molar refractivity (Wildman–Crippen MR) is 113 cm³/mol. The third kappa shape index (κ3) is 7.52. The van der Waals surface area contributed by atoms with Crippen molar-refractivity contribution in [1.82, 2.24) is 9.80 Å². The van der Waals surface area contributed by atoms with Gasteiger partial charge in [0.05, 0.1) is 6.61 Å². The minimum atomic E-state index is -0.00169. The average Bonchev–Trinajstić information content (AvgIpc) is 2.69. The van der Waals surface area contributed by atoms with Gasteiger partial charge < -0.3 is 19.3 Å². The Labute approximate surface area is 174 Å². The van der Waals surface area contributed by atoms with Crippen molar-refractivity contribution in [2.45, 2.75) is 58.8 Å². The molecule has 1 fully saturated rings. The molecule has 0 bridgehead atoms. The number of ketones is 1. The zero-order chi connectivity index (χ0) is 21.4. The number of Topliss-reactive ketones (excluding diaryl/α,β-unsaturated/α-hetero) is 1. The zero-order valence-corrected chi connectivity index (χ0v) is 18.2. The number of hydrogen-bond donors (Lipinski definition) is 0. The van der Waals surface area contributed by atoms with Crippen LogP contribution in [0.5, 0.6) is 5.75 Å². The lowest BCUT2D eigenvalue weighted by atomic mass is 9.87. The number of benzene rings is 1. The molecule has 6 nitrogen and oxygen atoms in total. The molecule has 29 heavy (non-hydrogen) atoms. The number of ether oxygens (including phenoxy) is 1. The van der Waals surface area contributed by atoms with Gasteiger partial charge in [-0.3, -0.25) is 9.59 Å². The SMILES string of the molecule is CC(=O)CCC(=O)N1CCN(C(=O)CCCOc2ccc(C(C)(C)C)cc2)CC1. The summed E-state index contributed by atoms with van der Waals surface area (Å²) in [7, 11) is 0. The standard InChI is InChI=1S/C23H34N2O4/c1-18(26)7-12-22(28)25-15-13-24(14-16-25)21(27)6-5-17-29-20-10-8-19(9-11-20)23(2,3)4/h8-11H,5-7,12-17H2,1-4H3. The van der Waals surface area contributed by atoms with Gasteiger partial charge in [-0.2, -0.15) is 0 Å². The normalized spacial score (nSPS) is 14.6. The van der Waals surface area contributed by atoms with Crippen LogP contribution in [0.2, 0.25) is 0 Å². The summed E-state index contributed by atoms with van der Waals surface area (Å²) in [6.45, 7) is 10.7. The van der Waals surface area contributed by atoms with Crippen LogP contribution in [0.15, 0.2) is 24.3 Å². The minimum Gasteiger partial charge on any atom is -0.494 e. The van der Waals surface area contributed by atoms with Crippen LogP contribution in [-0.4, -0.2) is 60.2 Å². The molecule has 1 aromatic rings. The largest absolute Gasteiger partial charge is 0.494 e. The van der Waals surface area contributed by atoms with Gasteiger partial charge in [-0.15, -0.1) is 0 Å². The number of carbonyl (C=O) groups excluding carboxylic acids is 3. The molecule has 1 aliphatic rings. The summed E-state index contributed by atoms with van der Waals surface area (Å²) in [5.41, 5.74) is 1.38. The fraction of sp³-hybridized carbons (Fsp3) is 0.609. The summed E-state index contributed by atoms with van der Waals surface area (Å²) in [5.74, 6) is 0.952. The van der Waals surface area contributed by atoms with E-state index in [1.165, 1.54) is 12.5 Å². The van der Waals surface area contributed by atoms with Crippen molar-refractivity contribution >= 4 is 17.6 Å². The number of piperazine rings is 1. The highest BCUT2D eigenvalue weighted by atomic mass is 16.5. The molecule has 1 heterocycles. The predicted octanol–water partition coefficient (Wildman–Crippen LogP) is 3.18. The van der Waals surface area contributed by atoms with Gasteiger partial charge in [0.15, 0.2) is 0 Å². The molecule has 0 aromatic heterocycles. The Bertz CT molecular complexity index is 699. The van der Waals surface area contributed by atoms with Crippen LogP contribution < -0.4 is 4.74 Å². The molecular formula is C23H34N2O4. The van der Waals surface area contributed by atoms with Crippen molar-refractivity contribution in [3.05, 3.63) is 29.8 Å². The molecular weight excluding hydrogens is 368 g/mol. The topological polar surface area (TPSA) is 66.9 Å². The highest BCUT2D eigenvalue weighted by molar-refractivity contribution is 5.84. The average molecular weight is 403 g/mol. The third-order valence-electron chi connectivity index (χ3n) is 5.20. The van der Waals surface area contributed by atoms with Crippen molar-refractivity contribution in [1.29, 1.82) is 0 Å². The Morgan fingerprint density at radius 3 is 1.86 bits per heavy atom. The Morgan fingerprint density at radius 2 is 1.38 bits per heavy atom. The van der Waals surface area contributed by atoms with E-state index in [1.54, 1.807) is 4.90 Å². The Hall–Kier alpha value is -2.37. The van der Waals surface area contributed by atoms with Gasteiger partial charge >= 0.3 is 0 Å². The first-order valence-electron chi connectivity index (χ1n) is 10.4. The van der Waals surface area contributed by atoms with Crippen LogP contribution in [0.4, 0.5) is 0 Å². The summed E-state index contributed by atoms with van der Waals surface area (Å²) in [4.78, 5) is 39.0. The molecule has 1 aliphatic heterocycles. The van der Waals surface area contributed by atoms with E-state index in [0.29, 0.717) is 45.6 Å². The van der Waals surface area contributed by atoms with E-state index < -0.39 is 0 Å². The second-order valence-electron chi connectivity index (χ2n) is 8.69. The fourth-order valence-electron chi connectivity index (χ4n) is 3.27. The van der Waals surface area contributed by atoms with Gasteiger partial charge in [-0.05, 0) is 36.5 Å². The van der Waals surface area contributed by atoms with Crippen LogP contribution in [0.25, 0.3) is 0 Å². The van der Waals surface area contributed by atoms with Gasteiger partial charge in [0.1, 0.15) is 11.5 Å². The highest BCUT2D eigenvalue weighted by Gasteiger charge is 2.23. The molecule has 0 spiro atoms. The monoisotopic (exact) mass is 402 g/mol. The number of rotatable bonds is 8. The minimum absolute atomic E-state index is 0.00169. The Morgan fingerprint density at radius 1 is 0.862 bits per heavy atom. The number of amides is 2. The first-order chi connectivity index (χ1) is 13.7. The Kier molecular flexibility index (Phi) is 8.23. The second-order valence-corrected chi connectivity index (χ2v) is 8.69. The maximum Gasteiger partial charge on any atom is 0.223 e. The van der Waals surface area contributed by atoms with Crippen LogP contribution in [0.1, 0.15) is 58.9 Å². The summed E-state index contributed by atoms with van der Waals surface area (Å²) in [5, 5.41) is 0. The van der Waals surface area contributed by atoms with E-state index in [2.05, 4.69) is 32.9 Å². The van der Waals surface area contributed by atoms with E-state index >= 15 is 0 Å². The van der Waals surface area contributed by atoms with Gasteiger partial charge in [0.2, 0.25) is 11.8 Å². The van der Waals surface area contributed by atoms with E-state index in [-0.39, 0.29) is 35.9 Å². The lowest BCUT2D eigenvalue weighted by Gasteiger charge is -2.35. The molecule has 1 saturated heterocycles. The van der Waals surface area contributed by atoms with Gasteiger partial charge in [-0.1, -0.05) is 32.9 Å². The van der Waals surface area contributed by atoms with E-state index in [4.69, 9.17) is 4.74 Å². The third-order valence-corrected chi connectivity index (χ3v) is 5.20. The Balaban J connectivity index is 1.65. The molecule has 0 saturated carbocycles. The lowest BCUT2D eigenvalue weighted by molar-refractivity contribution is -0.140. The molecule has 160 valence electrons.